The molecule has 1 saturated carbocycles. The molecule has 0 spiro atoms. The van der Waals surface area contributed by atoms with E-state index in [9.17, 15) is 4.79 Å². The Morgan fingerprint density at radius 2 is 2.15 bits per heavy atom. The number of ketones is 1. The average Bonchev–Trinajstić information content (AvgIpc) is 2.87. The quantitative estimate of drug-likeness (QED) is 0.659. The zero-order valence-electron chi connectivity index (χ0n) is 7.38. The van der Waals surface area contributed by atoms with Crippen LogP contribution in [0, 0.1) is 0 Å². The fourth-order valence-corrected chi connectivity index (χ4v) is 1.98. The maximum Gasteiger partial charge on any atom is 0.168 e. The normalized spacial score (nSPS) is 21.7. The third-order valence-electron chi connectivity index (χ3n) is 2.84. The molecule has 0 radical (unpaired) electrons. The highest BCUT2D eigenvalue weighted by Gasteiger charge is 2.35. The van der Waals surface area contributed by atoms with Gasteiger partial charge in [0.25, 0.3) is 0 Å². The van der Waals surface area contributed by atoms with Gasteiger partial charge in [0, 0.05) is 18.8 Å². The summed E-state index contributed by atoms with van der Waals surface area (Å²) in [5, 5.41) is 4.01. The van der Waals surface area contributed by atoms with Crippen LogP contribution in [0.5, 0.6) is 0 Å². The van der Waals surface area contributed by atoms with Crippen molar-refractivity contribution in [1.29, 1.82) is 0 Å². The molecule has 13 heavy (non-hydrogen) atoms. The van der Waals surface area contributed by atoms with E-state index in [0.717, 1.165) is 29.9 Å². The van der Waals surface area contributed by atoms with Gasteiger partial charge >= 0.3 is 0 Å². The molecule has 1 heterocycles. The minimum Gasteiger partial charge on any atom is -0.360 e. The molecule has 0 unspecified atom stereocenters. The lowest BCUT2D eigenvalue weighted by atomic mass is 9.94. The van der Waals surface area contributed by atoms with Gasteiger partial charge in [-0.2, -0.15) is 0 Å². The molecule has 1 aromatic rings. The van der Waals surface area contributed by atoms with E-state index in [2.05, 4.69) is 5.16 Å². The number of hydrogen-bond donors (Lipinski definition) is 0. The molecule has 68 valence electrons. The Kier molecular flexibility index (Phi) is 1.37. The Hall–Kier alpha value is -1.12. The third kappa shape index (κ3) is 1.03. The molecule has 3 heteroatoms. The SMILES string of the molecule is O=C1CCCc2onc(C3CC3)c21. The van der Waals surface area contributed by atoms with Crippen LogP contribution in [0.3, 0.4) is 0 Å². The molecule has 0 N–H and O–H groups in total. The van der Waals surface area contributed by atoms with Crippen LogP contribution >= 0.6 is 0 Å². The molecule has 1 fully saturated rings. The van der Waals surface area contributed by atoms with E-state index in [1.165, 1.54) is 12.8 Å². The van der Waals surface area contributed by atoms with E-state index in [1.807, 2.05) is 0 Å². The first-order chi connectivity index (χ1) is 6.36. The van der Waals surface area contributed by atoms with Gasteiger partial charge in [-0.05, 0) is 19.3 Å². The van der Waals surface area contributed by atoms with Crippen LogP contribution < -0.4 is 0 Å². The lowest BCUT2D eigenvalue weighted by Gasteiger charge is -2.07. The third-order valence-corrected chi connectivity index (χ3v) is 2.84. The molecule has 0 saturated heterocycles. The number of Topliss-reactive ketones (excluding diaryl/α,β-unsaturated/α-hetero) is 1. The fourth-order valence-electron chi connectivity index (χ4n) is 1.98. The topological polar surface area (TPSA) is 43.1 Å². The lowest BCUT2D eigenvalue weighted by Crippen LogP contribution is -2.10. The molecule has 0 atom stereocenters. The maximum atomic E-state index is 11.6. The first-order valence-corrected chi connectivity index (χ1v) is 4.88. The maximum absolute atomic E-state index is 11.6. The standard InChI is InChI=1S/C10H11NO2/c12-7-2-1-3-8-9(7)10(11-13-8)6-4-5-6/h6H,1-5H2. The van der Waals surface area contributed by atoms with Crippen LogP contribution in [0.15, 0.2) is 4.52 Å². The van der Waals surface area contributed by atoms with Gasteiger partial charge in [0.1, 0.15) is 5.76 Å². The van der Waals surface area contributed by atoms with Gasteiger partial charge in [0.05, 0.1) is 11.3 Å². The molecule has 2 aliphatic carbocycles. The molecule has 3 rings (SSSR count). The predicted octanol–water partition coefficient (Wildman–Crippen LogP) is 2.07. The molecule has 0 aliphatic heterocycles. The molecule has 3 nitrogen and oxygen atoms in total. The van der Waals surface area contributed by atoms with Gasteiger partial charge in [-0.25, -0.2) is 0 Å². The molecule has 0 amide bonds. The molecular weight excluding hydrogens is 166 g/mol. The van der Waals surface area contributed by atoms with Crippen molar-refractivity contribution in [3.05, 3.63) is 17.0 Å². The highest BCUT2D eigenvalue weighted by atomic mass is 16.5. The summed E-state index contributed by atoms with van der Waals surface area (Å²) in [5.41, 5.74) is 1.77. The first-order valence-electron chi connectivity index (χ1n) is 4.88. The van der Waals surface area contributed by atoms with Gasteiger partial charge in [-0.3, -0.25) is 4.79 Å². The number of nitrogens with zero attached hydrogens (tertiary/aromatic N) is 1. The van der Waals surface area contributed by atoms with E-state index in [-0.39, 0.29) is 5.78 Å². The van der Waals surface area contributed by atoms with E-state index < -0.39 is 0 Å². The second-order valence-corrected chi connectivity index (χ2v) is 3.92. The van der Waals surface area contributed by atoms with Crippen molar-refractivity contribution in [2.75, 3.05) is 0 Å². The van der Waals surface area contributed by atoms with Crippen molar-refractivity contribution in [1.82, 2.24) is 5.16 Å². The van der Waals surface area contributed by atoms with Crippen LogP contribution in [-0.4, -0.2) is 10.9 Å². The second kappa shape index (κ2) is 2.44. The van der Waals surface area contributed by atoms with Crippen molar-refractivity contribution in [2.45, 2.75) is 38.0 Å². The Labute approximate surface area is 76.1 Å². The van der Waals surface area contributed by atoms with Crippen LogP contribution in [-0.2, 0) is 6.42 Å². The number of rotatable bonds is 1. The first kappa shape index (κ1) is 7.30. The summed E-state index contributed by atoms with van der Waals surface area (Å²) < 4.78 is 5.19. The summed E-state index contributed by atoms with van der Waals surface area (Å²) in [7, 11) is 0. The van der Waals surface area contributed by atoms with Crippen LogP contribution in [0.25, 0.3) is 0 Å². The van der Waals surface area contributed by atoms with E-state index in [1.54, 1.807) is 0 Å². The van der Waals surface area contributed by atoms with Gasteiger partial charge in [-0.15, -0.1) is 0 Å². The van der Waals surface area contributed by atoms with Crippen LogP contribution in [0.2, 0.25) is 0 Å². The largest absolute Gasteiger partial charge is 0.360 e. The van der Waals surface area contributed by atoms with Crippen molar-refractivity contribution < 1.29 is 9.32 Å². The molecule has 0 aromatic carbocycles. The molecule has 2 aliphatic rings. The summed E-state index contributed by atoms with van der Waals surface area (Å²) in [6, 6.07) is 0. The Morgan fingerprint density at radius 3 is 2.92 bits per heavy atom. The highest BCUT2D eigenvalue weighted by molar-refractivity contribution is 5.99. The summed E-state index contributed by atoms with van der Waals surface area (Å²) >= 11 is 0. The number of aryl methyl sites for hydroxylation is 1. The Morgan fingerprint density at radius 1 is 1.31 bits per heavy atom. The smallest absolute Gasteiger partial charge is 0.168 e. The predicted molar refractivity (Wildman–Crippen MR) is 45.7 cm³/mol. The van der Waals surface area contributed by atoms with E-state index >= 15 is 0 Å². The molecular formula is C10H11NO2. The number of hydrogen-bond acceptors (Lipinski definition) is 3. The van der Waals surface area contributed by atoms with Gasteiger partial charge in [0.2, 0.25) is 0 Å². The van der Waals surface area contributed by atoms with Gasteiger partial charge in [-0.1, -0.05) is 5.16 Å². The number of fused-ring (bicyclic) bond motifs is 1. The van der Waals surface area contributed by atoms with E-state index in [4.69, 9.17) is 4.52 Å². The van der Waals surface area contributed by atoms with Gasteiger partial charge < -0.3 is 4.52 Å². The summed E-state index contributed by atoms with van der Waals surface area (Å²) in [6.07, 6.45) is 4.83. The minimum absolute atomic E-state index is 0.240. The number of carbonyl (C=O) groups is 1. The number of aromatic nitrogens is 1. The zero-order valence-corrected chi connectivity index (χ0v) is 7.38. The van der Waals surface area contributed by atoms with Crippen molar-refractivity contribution in [2.24, 2.45) is 0 Å². The van der Waals surface area contributed by atoms with Crippen LogP contribution in [0.1, 0.15) is 53.4 Å². The Bertz CT molecular complexity index is 363. The van der Waals surface area contributed by atoms with Gasteiger partial charge in [0.15, 0.2) is 5.78 Å². The molecule has 0 bridgehead atoms. The lowest BCUT2D eigenvalue weighted by molar-refractivity contribution is 0.0968. The van der Waals surface area contributed by atoms with Crippen molar-refractivity contribution in [3.63, 3.8) is 0 Å². The summed E-state index contributed by atoms with van der Waals surface area (Å²) in [4.78, 5) is 11.6. The Balaban J connectivity index is 2.11. The zero-order chi connectivity index (χ0) is 8.84. The minimum atomic E-state index is 0.240. The van der Waals surface area contributed by atoms with E-state index in [0.29, 0.717) is 12.3 Å². The average molecular weight is 177 g/mol. The highest BCUT2D eigenvalue weighted by Crippen LogP contribution is 2.42. The summed E-state index contributed by atoms with van der Waals surface area (Å²) in [5.74, 6) is 1.59. The second-order valence-electron chi connectivity index (χ2n) is 3.92. The summed E-state index contributed by atoms with van der Waals surface area (Å²) in [6.45, 7) is 0. The van der Waals surface area contributed by atoms with Crippen molar-refractivity contribution in [3.8, 4) is 0 Å². The monoisotopic (exact) mass is 177 g/mol. The fraction of sp³-hybridized carbons (Fsp3) is 0.600. The number of carbonyl (C=O) groups excluding carboxylic acids is 1. The van der Waals surface area contributed by atoms with Crippen molar-refractivity contribution >= 4 is 5.78 Å². The molecule has 1 aromatic heterocycles. The van der Waals surface area contributed by atoms with Crippen LogP contribution in [0.4, 0.5) is 0 Å².